The van der Waals surface area contributed by atoms with Gasteiger partial charge in [-0.2, -0.15) is 10.1 Å². The van der Waals surface area contributed by atoms with E-state index in [1.54, 1.807) is 10.9 Å². The van der Waals surface area contributed by atoms with Crippen LogP contribution in [-0.2, 0) is 4.79 Å². The Morgan fingerprint density at radius 3 is 2.80 bits per heavy atom. The van der Waals surface area contributed by atoms with E-state index in [-0.39, 0.29) is 17.7 Å². The number of anilines is 1. The van der Waals surface area contributed by atoms with Crippen molar-refractivity contribution in [3.05, 3.63) is 77.6 Å². The number of nitrogens with zero attached hydrogens (tertiary/aromatic N) is 3. The molecule has 3 aromatic rings. The highest BCUT2D eigenvalue weighted by molar-refractivity contribution is 6.00. The number of Topliss-reactive ketones (excluding diaryl/α,β-unsaturated/α-hetero) is 1. The minimum atomic E-state index is -0.354. The number of fused-ring (bicyclic) bond motifs is 1. The molecule has 0 fully saturated rings. The van der Waals surface area contributed by atoms with Crippen molar-refractivity contribution in [2.24, 2.45) is 0 Å². The van der Waals surface area contributed by atoms with Gasteiger partial charge < -0.3 is 9.73 Å². The first-order valence-electron chi connectivity index (χ1n) is 8.32. The van der Waals surface area contributed by atoms with Gasteiger partial charge in [-0.15, -0.1) is 0 Å². The number of carbonyl (C=O) groups is 1. The van der Waals surface area contributed by atoms with E-state index >= 15 is 0 Å². The van der Waals surface area contributed by atoms with Crippen LogP contribution < -0.4 is 5.32 Å². The molecule has 1 N–H and O–H groups in total. The Bertz CT molecular complexity index is 956. The predicted octanol–water partition coefficient (Wildman–Crippen LogP) is 3.29. The summed E-state index contributed by atoms with van der Waals surface area (Å²) in [4.78, 5) is 17.3. The largest absolute Gasteiger partial charge is 0.467 e. The first-order valence-corrected chi connectivity index (χ1v) is 8.32. The van der Waals surface area contributed by atoms with Crippen molar-refractivity contribution in [2.45, 2.75) is 24.8 Å². The Morgan fingerprint density at radius 1 is 1.12 bits per heavy atom. The second kappa shape index (κ2) is 5.44. The molecule has 2 aliphatic rings. The molecule has 0 spiro atoms. The monoisotopic (exact) mass is 332 g/mol. The van der Waals surface area contributed by atoms with E-state index in [1.807, 2.05) is 30.3 Å². The van der Waals surface area contributed by atoms with Crippen molar-refractivity contribution in [3.63, 3.8) is 0 Å². The number of rotatable bonds is 2. The van der Waals surface area contributed by atoms with E-state index in [4.69, 9.17) is 4.42 Å². The van der Waals surface area contributed by atoms with Gasteiger partial charge in [-0.1, -0.05) is 30.3 Å². The molecule has 0 saturated carbocycles. The fourth-order valence-electron chi connectivity index (χ4n) is 3.82. The Labute approximate surface area is 144 Å². The summed E-state index contributed by atoms with van der Waals surface area (Å²) in [6.45, 7) is 0. The number of ketones is 1. The first-order chi connectivity index (χ1) is 12.3. The van der Waals surface area contributed by atoms with Gasteiger partial charge >= 0.3 is 0 Å². The van der Waals surface area contributed by atoms with Gasteiger partial charge in [-0.25, -0.2) is 4.68 Å². The number of aromatic nitrogens is 3. The van der Waals surface area contributed by atoms with Gasteiger partial charge in [0.25, 0.3) is 0 Å². The zero-order chi connectivity index (χ0) is 16.8. The molecule has 0 bridgehead atoms. The molecule has 0 radical (unpaired) electrons. The highest BCUT2D eigenvalue weighted by Crippen LogP contribution is 2.43. The van der Waals surface area contributed by atoms with Crippen LogP contribution in [0, 0.1) is 0 Å². The third-order valence-electron chi connectivity index (χ3n) is 4.95. The first kappa shape index (κ1) is 14.2. The predicted molar refractivity (Wildman–Crippen MR) is 90.9 cm³/mol. The van der Waals surface area contributed by atoms with E-state index < -0.39 is 0 Å². The fraction of sp³-hybridized carbons (Fsp3) is 0.211. The number of nitrogens with one attached hydrogen (secondary N) is 1. The molecule has 3 heterocycles. The zero-order valence-electron chi connectivity index (χ0n) is 13.4. The van der Waals surface area contributed by atoms with Crippen LogP contribution in [0.25, 0.3) is 0 Å². The molecule has 6 heteroatoms. The molecule has 0 saturated heterocycles. The molecule has 1 aliphatic heterocycles. The average molecular weight is 332 g/mol. The summed E-state index contributed by atoms with van der Waals surface area (Å²) in [5, 5.41) is 7.60. The normalized spacial score (nSPS) is 22.3. The van der Waals surface area contributed by atoms with Crippen LogP contribution in [0.4, 0.5) is 5.95 Å². The van der Waals surface area contributed by atoms with Crippen molar-refractivity contribution in [2.75, 3.05) is 5.32 Å². The minimum Gasteiger partial charge on any atom is -0.467 e. The molecule has 2 atom stereocenters. The van der Waals surface area contributed by atoms with Crippen LogP contribution in [0.2, 0.25) is 0 Å². The Balaban J connectivity index is 1.60. The van der Waals surface area contributed by atoms with Gasteiger partial charge in [-0.05, 0) is 30.0 Å². The Morgan fingerprint density at radius 2 is 2.00 bits per heavy atom. The third-order valence-corrected chi connectivity index (χ3v) is 4.95. The summed E-state index contributed by atoms with van der Waals surface area (Å²) in [7, 11) is 0. The van der Waals surface area contributed by atoms with Crippen molar-refractivity contribution in [1.29, 1.82) is 0 Å². The van der Waals surface area contributed by atoms with Gasteiger partial charge in [0.1, 0.15) is 18.1 Å². The Hall–Kier alpha value is -3.15. The SMILES string of the molecule is O=C1CC(c2ccccc2)CC2=C1C(c1ccco1)n1ncnc1N2. The van der Waals surface area contributed by atoms with E-state index in [2.05, 4.69) is 27.5 Å². The highest BCUT2D eigenvalue weighted by atomic mass is 16.3. The number of benzene rings is 1. The quantitative estimate of drug-likeness (QED) is 0.779. The zero-order valence-corrected chi connectivity index (χ0v) is 13.4. The maximum atomic E-state index is 13.0. The maximum Gasteiger partial charge on any atom is 0.226 e. The molecular formula is C19H16N4O2. The van der Waals surface area contributed by atoms with Crippen molar-refractivity contribution < 1.29 is 9.21 Å². The average Bonchev–Trinajstić information content (AvgIpc) is 3.32. The van der Waals surface area contributed by atoms with Crippen LogP contribution in [0.5, 0.6) is 0 Å². The summed E-state index contributed by atoms with van der Waals surface area (Å²) in [5.41, 5.74) is 2.85. The fourth-order valence-corrected chi connectivity index (χ4v) is 3.82. The second-order valence-electron chi connectivity index (χ2n) is 6.40. The van der Waals surface area contributed by atoms with Crippen LogP contribution in [-0.4, -0.2) is 20.5 Å². The molecule has 6 nitrogen and oxygen atoms in total. The number of hydrogen-bond acceptors (Lipinski definition) is 5. The van der Waals surface area contributed by atoms with Crippen molar-refractivity contribution >= 4 is 11.7 Å². The molecule has 0 amide bonds. The molecule has 2 unspecified atom stereocenters. The minimum absolute atomic E-state index is 0.130. The van der Waals surface area contributed by atoms with Gasteiger partial charge in [-0.3, -0.25) is 4.79 Å². The van der Waals surface area contributed by atoms with Gasteiger partial charge in [0.05, 0.1) is 6.26 Å². The number of hydrogen-bond donors (Lipinski definition) is 1. The summed E-state index contributed by atoms with van der Waals surface area (Å²) in [5.74, 6) is 1.64. The standard InChI is InChI=1S/C19H16N4O2/c24-15-10-13(12-5-2-1-3-6-12)9-14-17(15)18(16-7-4-8-25-16)23-19(22-14)20-11-21-23/h1-8,11,13,18H,9-10H2,(H,20,21,22). The van der Waals surface area contributed by atoms with E-state index in [0.717, 1.165) is 17.7 Å². The van der Waals surface area contributed by atoms with E-state index in [9.17, 15) is 4.79 Å². The van der Waals surface area contributed by atoms with Crippen molar-refractivity contribution in [3.8, 4) is 0 Å². The highest BCUT2D eigenvalue weighted by Gasteiger charge is 2.40. The lowest BCUT2D eigenvalue weighted by Gasteiger charge is -2.34. The summed E-state index contributed by atoms with van der Waals surface area (Å²) >= 11 is 0. The van der Waals surface area contributed by atoms with Crippen LogP contribution in [0.3, 0.4) is 0 Å². The van der Waals surface area contributed by atoms with Crippen molar-refractivity contribution in [1.82, 2.24) is 14.8 Å². The summed E-state index contributed by atoms with van der Waals surface area (Å²) in [6.07, 6.45) is 4.38. The number of carbonyl (C=O) groups excluding carboxylic acids is 1. The molecule has 5 rings (SSSR count). The van der Waals surface area contributed by atoms with Gasteiger partial charge in [0, 0.05) is 17.7 Å². The summed E-state index contributed by atoms with van der Waals surface area (Å²) in [6, 6.07) is 13.5. The van der Waals surface area contributed by atoms with E-state index in [1.165, 1.54) is 11.9 Å². The molecule has 25 heavy (non-hydrogen) atoms. The second-order valence-corrected chi connectivity index (χ2v) is 6.40. The lowest BCUT2D eigenvalue weighted by Crippen LogP contribution is -2.33. The number of allylic oxidation sites excluding steroid dienone is 2. The molecular weight excluding hydrogens is 316 g/mol. The Kier molecular flexibility index (Phi) is 3.09. The lowest BCUT2D eigenvalue weighted by molar-refractivity contribution is -0.116. The van der Waals surface area contributed by atoms with E-state index in [0.29, 0.717) is 18.1 Å². The number of furan rings is 1. The van der Waals surface area contributed by atoms with Crippen LogP contribution in [0.1, 0.15) is 36.1 Å². The topological polar surface area (TPSA) is 73.0 Å². The molecule has 2 aromatic heterocycles. The molecule has 1 aromatic carbocycles. The van der Waals surface area contributed by atoms with Crippen LogP contribution in [0.15, 0.2) is 70.7 Å². The smallest absolute Gasteiger partial charge is 0.226 e. The van der Waals surface area contributed by atoms with Gasteiger partial charge in [0.2, 0.25) is 5.95 Å². The maximum absolute atomic E-state index is 13.0. The third kappa shape index (κ3) is 2.21. The van der Waals surface area contributed by atoms with Gasteiger partial charge in [0.15, 0.2) is 5.78 Å². The molecule has 124 valence electrons. The summed E-state index contributed by atoms with van der Waals surface area (Å²) < 4.78 is 7.33. The van der Waals surface area contributed by atoms with Crippen LogP contribution >= 0.6 is 0 Å². The molecule has 1 aliphatic carbocycles. The lowest BCUT2D eigenvalue weighted by atomic mass is 9.79.